The van der Waals surface area contributed by atoms with Crippen LogP contribution in [0.4, 0.5) is 5.69 Å². The molecule has 3 nitrogen and oxygen atoms in total. The van der Waals surface area contributed by atoms with Gasteiger partial charge >= 0.3 is 0 Å². The molecule has 0 aromatic heterocycles. The van der Waals surface area contributed by atoms with Crippen molar-refractivity contribution in [3.05, 3.63) is 85.8 Å². The molecule has 0 heterocycles. The van der Waals surface area contributed by atoms with Gasteiger partial charge in [-0.3, -0.25) is 0 Å². The molecule has 0 radical (unpaired) electrons. The van der Waals surface area contributed by atoms with Gasteiger partial charge in [-0.2, -0.15) is 0 Å². The molecule has 0 bridgehead atoms. The molecule has 0 spiro atoms. The molecule has 146 valence electrons. The van der Waals surface area contributed by atoms with Crippen molar-refractivity contribution < 1.29 is 9.47 Å². The van der Waals surface area contributed by atoms with Crippen LogP contribution in [-0.2, 0) is 13.2 Å². The number of hydrogen-bond acceptors (Lipinski definition) is 3. The molecule has 0 fully saturated rings. The summed E-state index contributed by atoms with van der Waals surface area (Å²) in [5, 5.41) is 4.83. The van der Waals surface area contributed by atoms with Gasteiger partial charge < -0.3 is 14.8 Å². The van der Waals surface area contributed by atoms with E-state index in [9.17, 15) is 0 Å². The molecule has 0 aliphatic heterocycles. The monoisotopic (exact) mass is 479 g/mol. The Morgan fingerprint density at radius 3 is 2.39 bits per heavy atom. The largest absolute Gasteiger partial charge is 0.493 e. The van der Waals surface area contributed by atoms with Crippen LogP contribution in [0.2, 0.25) is 10.0 Å². The molecule has 0 aliphatic carbocycles. The summed E-state index contributed by atoms with van der Waals surface area (Å²) in [6.07, 6.45) is 0. The Hall–Kier alpha value is -1.88. The van der Waals surface area contributed by atoms with Crippen LogP contribution in [0.5, 0.6) is 11.5 Å². The van der Waals surface area contributed by atoms with Gasteiger partial charge in [-0.1, -0.05) is 57.3 Å². The number of rotatable bonds is 7. The molecule has 3 aromatic carbocycles. The summed E-state index contributed by atoms with van der Waals surface area (Å²) >= 11 is 15.7. The van der Waals surface area contributed by atoms with Crippen LogP contribution in [0.3, 0.4) is 0 Å². The topological polar surface area (TPSA) is 30.5 Å². The summed E-state index contributed by atoms with van der Waals surface area (Å²) in [4.78, 5) is 0. The van der Waals surface area contributed by atoms with E-state index in [-0.39, 0.29) is 0 Å². The first kappa shape index (κ1) is 20.8. The number of benzene rings is 3. The van der Waals surface area contributed by atoms with E-state index in [1.807, 2.05) is 61.5 Å². The van der Waals surface area contributed by atoms with E-state index in [2.05, 4.69) is 21.2 Å². The SMILES string of the molecule is COc1cc(CNc2ccc(C)c(Cl)c2)c(Br)cc1OCc1ccc(Cl)cc1. The number of anilines is 1. The molecule has 0 atom stereocenters. The fourth-order valence-electron chi connectivity index (χ4n) is 2.63. The number of halogens is 3. The van der Waals surface area contributed by atoms with Gasteiger partial charge in [-0.25, -0.2) is 0 Å². The lowest BCUT2D eigenvalue weighted by Crippen LogP contribution is -2.03. The number of ether oxygens (including phenoxy) is 2. The first-order valence-corrected chi connectivity index (χ1v) is 10.2. The van der Waals surface area contributed by atoms with Crippen LogP contribution in [0, 0.1) is 6.92 Å². The molecule has 0 amide bonds. The van der Waals surface area contributed by atoms with Gasteiger partial charge in [0.15, 0.2) is 11.5 Å². The minimum Gasteiger partial charge on any atom is -0.493 e. The zero-order chi connectivity index (χ0) is 20.1. The van der Waals surface area contributed by atoms with Crippen LogP contribution in [0.1, 0.15) is 16.7 Å². The van der Waals surface area contributed by atoms with Crippen molar-refractivity contribution in [1.29, 1.82) is 0 Å². The fourth-order valence-corrected chi connectivity index (χ4v) is 3.40. The van der Waals surface area contributed by atoms with Gasteiger partial charge in [0.1, 0.15) is 6.61 Å². The molecule has 28 heavy (non-hydrogen) atoms. The maximum Gasteiger partial charge on any atom is 0.162 e. The highest BCUT2D eigenvalue weighted by Crippen LogP contribution is 2.34. The third-order valence-electron chi connectivity index (χ3n) is 4.30. The minimum atomic E-state index is 0.430. The van der Waals surface area contributed by atoms with E-state index in [0.717, 1.165) is 31.9 Å². The molecule has 1 N–H and O–H groups in total. The van der Waals surface area contributed by atoms with Crippen molar-refractivity contribution in [1.82, 2.24) is 0 Å². The maximum absolute atomic E-state index is 6.20. The van der Waals surface area contributed by atoms with Gasteiger partial charge in [0, 0.05) is 26.8 Å². The lowest BCUT2D eigenvalue weighted by atomic mass is 10.1. The Morgan fingerprint density at radius 1 is 0.964 bits per heavy atom. The van der Waals surface area contributed by atoms with Crippen LogP contribution in [-0.4, -0.2) is 7.11 Å². The lowest BCUT2D eigenvalue weighted by molar-refractivity contribution is 0.284. The van der Waals surface area contributed by atoms with Gasteiger partial charge in [0.05, 0.1) is 7.11 Å². The Labute approximate surface area is 183 Å². The lowest BCUT2D eigenvalue weighted by Gasteiger charge is -2.15. The second-order valence-electron chi connectivity index (χ2n) is 6.33. The summed E-state index contributed by atoms with van der Waals surface area (Å²) in [7, 11) is 1.63. The fraction of sp³-hybridized carbons (Fsp3) is 0.182. The summed E-state index contributed by atoms with van der Waals surface area (Å²) < 4.78 is 12.4. The van der Waals surface area contributed by atoms with Crippen molar-refractivity contribution in [3.8, 4) is 11.5 Å². The quantitative estimate of drug-likeness (QED) is 0.385. The van der Waals surface area contributed by atoms with Crippen molar-refractivity contribution in [2.45, 2.75) is 20.1 Å². The van der Waals surface area contributed by atoms with E-state index in [4.69, 9.17) is 32.7 Å². The zero-order valence-corrected chi connectivity index (χ0v) is 18.7. The predicted octanol–water partition coefficient (Wildman–Crippen LogP) is 7.26. The molecule has 3 rings (SSSR count). The number of aryl methyl sites for hydroxylation is 1. The summed E-state index contributed by atoms with van der Waals surface area (Å²) in [5.74, 6) is 1.35. The molecular formula is C22H20BrCl2NO2. The van der Waals surface area contributed by atoms with Gasteiger partial charge in [0.25, 0.3) is 0 Å². The molecule has 0 saturated carbocycles. The Bertz CT molecular complexity index is 961. The predicted molar refractivity (Wildman–Crippen MR) is 120 cm³/mol. The highest BCUT2D eigenvalue weighted by Gasteiger charge is 2.11. The molecule has 6 heteroatoms. The number of hydrogen-bond donors (Lipinski definition) is 1. The number of nitrogens with one attached hydrogen (secondary N) is 1. The average Bonchev–Trinajstić information content (AvgIpc) is 2.69. The molecular weight excluding hydrogens is 461 g/mol. The normalized spacial score (nSPS) is 10.6. The third-order valence-corrected chi connectivity index (χ3v) is 5.69. The zero-order valence-electron chi connectivity index (χ0n) is 15.6. The van der Waals surface area contributed by atoms with E-state index in [1.165, 1.54) is 0 Å². The average molecular weight is 481 g/mol. The van der Waals surface area contributed by atoms with Gasteiger partial charge in [-0.05, 0) is 60.0 Å². The van der Waals surface area contributed by atoms with Crippen molar-refractivity contribution in [2.24, 2.45) is 0 Å². The van der Waals surface area contributed by atoms with E-state index >= 15 is 0 Å². The maximum atomic E-state index is 6.20. The van der Waals surface area contributed by atoms with Crippen LogP contribution >= 0.6 is 39.1 Å². The molecule has 0 aliphatic rings. The Morgan fingerprint density at radius 2 is 1.71 bits per heavy atom. The Balaban J connectivity index is 1.71. The van der Waals surface area contributed by atoms with Gasteiger partial charge in [0.2, 0.25) is 0 Å². The Kier molecular flexibility index (Phi) is 7.11. The molecule has 3 aromatic rings. The van der Waals surface area contributed by atoms with Gasteiger partial charge in [-0.15, -0.1) is 0 Å². The van der Waals surface area contributed by atoms with Crippen molar-refractivity contribution in [3.63, 3.8) is 0 Å². The van der Waals surface area contributed by atoms with Crippen molar-refractivity contribution >= 4 is 44.8 Å². The smallest absolute Gasteiger partial charge is 0.162 e. The highest BCUT2D eigenvalue weighted by atomic mass is 79.9. The first-order valence-electron chi connectivity index (χ1n) is 8.70. The molecule has 0 saturated heterocycles. The second kappa shape index (κ2) is 9.55. The summed E-state index contributed by atoms with van der Waals surface area (Å²) in [6.45, 7) is 3.03. The summed E-state index contributed by atoms with van der Waals surface area (Å²) in [5.41, 5.74) is 4.10. The first-order chi connectivity index (χ1) is 13.5. The highest BCUT2D eigenvalue weighted by molar-refractivity contribution is 9.10. The summed E-state index contributed by atoms with van der Waals surface area (Å²) in [6, 6.07) is 17.4. The molecule has 0 unspecified atom stereocenters. The van der Waals surface area contributed by atoms with Crippen LogP contribution in [0.15, 0.2) is 59.1 Å². The van der Waals surface area contributed by atoms with Crippen LogP contribution in [0.25, 0.3) is 0 Å². The minimum absolute atomic E-state index is 0.430. The van der Waals surface area contributed by atoms with Crippen LogP contribution < -0.4 is 14.8 Å². The third kappa shape index (κ3) is 5.34. The van der Waals surface area contributed by atoms with E-state index in [1.54, 1.807) is 7.11 Å². The van der Waals surface area contributed by atoms with E-state index in [0.29, 0.717) is 29.7 Å². The number of methoxy groups -OCH3 is 1. The van der Waals surface area contributed by atoms with Crippen molar-refractivity contribution in [2.75, 3.05) is 12.4 Å². The second-order valence-corrected chi connectivity index (χ2v) is 8.03. The standard InChI is InChI=1S/C22H20BrCl2NO2/c1-14-3-8-18(10-20(14)25)26-12-16-9-21(27-2)22(11-19(16)23)28-13-15-4-6-17(24)7-5-15/h3-11,26H,12-13H2,1-2H3. The van der Waals surface area contributed by atoms with E-state index < -0.39 is 0 Å².